The first-order valence-electron chi connectivity index (χ1n) is 9.74. The number of hydrogen-bond donors (Lipinski definition) is 0. The molecule has 2 aromatic rings. The number of nitro groups is 1. The van der Waals surface area contributed by atoms with Crippen LogP contribution in [0.25, 0.3) is 6.08 Å². The van der Waals surface area contributed by atoms with Crippen molar-refractivity contribution in [1.29, 1.82) is 0 Å². The van der Waals surface area contributed by atoms with Crippen molar-refractivity contribution in [3.05, 3.63) is 73.1 Å². The average Bonchev–Trinajstić information content (AvgIpc) is 3.00. The fourth-order valence-corrected chi connectivity index (χ4v) is 4.21. The number of ether oxygens (including phenoxy) is 2. The van der Waals surface area contributed by atoms with Gasteiger partial charge in [0, 0.05) is 12.1 Å². The summed E-state index contributed by atoms with van der Waals surface area (Å²) in [7, 11) is 0. The van der Waals surface area contributed by atoms with E-state index < -0.39 is 28.6 Å². The van der Waals surface area contributed by atoms with Gasteiger partial charge in [0.25, 0.3) is 16.8 Å². The molecule has 172 valence electrons. The molecule has 1 heterocycles. The molecule has 0 unspecified atom stereocenters. The molecule has 0 aliphatic carbocycles. The van der Waals surface area contributed by atoms with Crippen molar-refractivity contribution in [3.63, 3.8) is 0 Å². The number of carbonyl (C=O) groups excluding carboxylic acids is 3. The highest BCUT2D eigenvalue weighted by molar-refractivity contribution is 9.10. The second-order valence-corrected chi connectivity index (χ2v) is 9.06. The van der Waals surface area contributed by atoms with Crippen LogP contribution in [0.5, 0.6) is 5.75 Å². The molecule has 1 aliphatic heterocycles. The largest absolute Gasteiger partial charge is 0.488 e. The summed E-state index contributed by atoms with van der Waals surface area (Å²) in [6.07, 6.45) is 1.20. The number of hydrogen-bond acceptors (Lipinski definition) is 8. The molecule has 0 spiro atoms. The Morgan fingerprint density at radius 2 is 2.00 bits per heavy atom. The number of esters is 1. The van der Waals surface area contributed by atoms with Gasteiger partial charge >= 0.3 is 5.97 Å². The number of nitro benzene ring substituents is 1. The maximum Gasteiger partial charge on any atom is 0.326 e. The number of non-ortho nitro benzene ring substituents is 1. The summed E-state index contributed by atoms with van der Waals surface area (Å²) in [6.45, 7) is 3.06. The van der Waals surface area contributed by atoms with E-state index in [0.717, 1.165) is 16.7 Å². The summed E-state index contributed by atoms with van der Waals surface area (Å²) in [5.41, 5.74) is 1.27. The first-order valence-corrected chi connectivity index (χ1v) is 11.4. The molecule has 3 rings (SSSR count). The quantitative estimate of drug-likeness (QED) is 0.202. The van der Waals surface area contributed by atoms with Crippen LogP contribution in [0.2, 0.25) is 0 Å². The van der Waals surface area contributed by atoms with Crippen LogP contribution >= 0.6 is 27.7 Å². The predicted octanol–water partition coefficient (Wildman–Crippen LogP) is 4.92. The maximum absolute atomic E-state index is 12.6. The minimum atomic E-state index is -0.651. The van der Waals surface area contributed by atoms with E-state index >= 15 is 0 Å². The minimum Gasteiger partial charge on any atom is -0.488 e. The number of thioether (sulfide) groups is 1. The summed E-state index contributed by atoms with van der Waals surface area (Å²) in [5.74, 6) is -0.711. The van der Waals surface area contributed by atoms with E-state index in [0.29, 0.717) is 21.3 Å². The average molecular weight is 535 g/mol. The molecule has 11 heteroatoms. The van der Waals surface area contributed by atoms with E-state index in [1.807, 2.05) is 0 Å². The minimum absolute atomic E-state index is 0.0167. The lowest BCUT2D eigenvalue weighted by molar-refractivity contribution is -0.384. The summed E-state index contributed by atoms with van der Waals surface area (Å²) in [6, 6.07) is 11.3. The van der Waals surface area contributed by atoms with Crippen LogP contribution in [0.15, 0.2) is 51.8 Å². The zero-order valence-electron chi connectivity index (χ0n) is 17.6. The maximum atomic E-state index is 12.6. The van der Waals surface area contributed by atoms with Gasteiger partial charge in [-0.1, -0.05) is 18.2 Å². The molecular formula is C22H19BrN2O7S. The van der Waals surface area contributed by atoms with Crippen LogP contribution in [0, 0.1) is 10.1 Å². The van der Waals surface area contributed by atoms with E-state index in [1.165, 1.54) is 12.1 Å². The molecule has 9 nitrogen and oxygen atoms in total. The summed E-state index contributed by atoms with van der Waals surface area (Å²) in [4.78, 5) is 48.0. The number of benzene rings is 2. The monoisotopic (exact) mass is 534 g/mol. The number of rotatable bonds is 8. The molecule has 33 heavy (non-hydrogen) atoms. The summed E-state index contributed by atoms with van der Waals surface area (Å²) < 4.78 is 11.3. The van der Waals surface area contributed by atoms with Gasteiger partial charge < -0.3 is 9.47 Å². The lowest BCUT2D eigenvalue weighted by Crippen LogP contribution is -2.35. The van der Waals surface area contributed by atoms with Gasteiger partial charge in [0.1, 0.15) is 18.9 Å². The summed E-state index contributed by atoms with van der Waals surface area (Å²) >= 11 is 4.16. The fourth-order valence-electron chi connectivity index (χ4n) is 2.86. The standard InChI is InChI=1S/C22H19BrN2O7S/c1-13(2)32-20(26)11-24-21(27)19(33-22(24)28)10-14-6-7-18(17(23)9-14)31-12-15-4-3-5-16(8-15)25(29)30/h3-10,13H,11-12H2,1-2H3/b19-10+. The van der Waals surface area contributed by atoms with Crippen molar-refractivity contribution in [3.8, 4) is 5.75 Å². The number of carbonyl (C=O) groups is 3. The highest BCUT2D eigenvalue weighted by Crippen LogP contribution is 2.34. The molecule has 0 N–H and O–H groups in total. The van der Waals surface area contributed by atoms with E-state index in [9.17, 15) is 24.5 Å². The van der Waals surface area contributed by atoms with Crippen molar-refractivity contribution in [1.82, 2.24) is 4.90 Å². The van der Waals surface area contributed by atoms with Crippen molar-refractivity contribution >= 4 is 56.6 Å². The lowest BCUT2D eigenvalue weighted by atomic mass is 10.2. The highest BCUT2D eigenvalue weighted by Gasteiger charge is 2.36. The Labute approximate surface area is 202 Å². The Hall–Kier alpha value is -3.18. The Morgan fingerprint density at radius 1 is 1.24 bits per heavy atom. The van der Waals surface area contributed by atoms with E-state index in [-0.39, 0.29) is 23.3 Å². The Kier molecular flexibility index (Phi) is 7.88. The number of amides is 2. The van der Waals surface area contributed by atoms with Crippen LogP contribution in [-0.4, -0.2) is 39.6 Å². The molecule has 0 bridgehead atoms. The molecule has 1 aliphatic rings. The van der Waals surface area contributed by atoms with Gasteiger partial charge in [0.2, 0.25) is 0 Å². The molecule has 2 amide bonds. The molecule has 0 aromatic heterocycles. The van der Waals surface area contributed by atoms with Crippen molar-refractivity contribution in [2.75, 3.05) is 6.54 Å². The molecule has 1 fully saturated rings. The summed E-state index contributed by atoms with van der Waals surface area (Å²) in [5, 5.41) is 10.4. The van der Waals surface area contributed by atoms with Gasteiger partial charge in [0.05, 0.1) is 20.4 Å². The van der Waals surface area contributed by atoms with Crippen LogP contribution in [0.4, 0.5) is 10.5 Å². The third kappa shape index (κ3) is 6.42. The number of halogens is 1. The Balaban J connectivity index is 1.67. The lowest BCUT2D eigenvalue weighted by Gasteiger charge is -2.13. The predicted molar refractivity (Wildman–Crippen MR) is 125 cm³/mol. The smallest absolute Gasteiger partial charge is 0.326 e. The van der Waals surface area contributed by atoms with Crippen molar-refractivity contribution in [2.45, 2.75) is 26.6 Å². The zero-order chi connectivity index (χ0) is 24.1. The van der Waals surface area contributed by atoms with Crippen LogP contribution in [0.1, 0.15) is 25.0 Å². The molecule has 0 radical (unpaired) electrons. The fraction of sp³-hybridized carbons (Fsp3) is 0.227. The third-order valence-corrected chi connectivity index (χ3v) is 5.82. The van der Waals surface area contributed by atoms with Crippen molar-refractivity contribution in [2.24, 2.45) is 0 Å². The molecule has 0 atom stereocenters. The first-order chi connectivity index (χ1) is 15.6. The van der Waals surface area contributed by atoms with E-state index in [2.05, 4.69) is 15.9 Å². The topological polar surface area (TPSA) is 116 Å². The van der Waals surface area contributed by atoms with E-state index in [4.69, 9.17) is 9.47 Å². The molecule has 1 saturated heterocycles. The zero-order valence-corrected chi connectivity index (χ0v) is 20.1. The van der Waals surface area contributed by atoms with Crippen LogP contribution < -0.4 is 4.74 Å². The van der Waals surface area contributed by atoms with Gasteiger partial charge in [0.15, 0.2) is 0 Å². The van der Waals surface area contributed by atoms with Gasteiger partial charge in [-0.15, -0.1) is 0 Å². The van der Waals surface area contributed by atoms with Gasteiger partial charge in [-0.2, -0.15) is 0 Å². The second-order valence-electron chi connectivity index (χ2n) is 7.21. The second kappa shape index (κ2) is 10.6. The molecular weight excluding hydrogens is 516 g/mol. The van der Waals surface area contributed by atoms with Gasteiger partial charge in [-0.25, -0.2) is 0 Å². The first kappa shape index (κ1) is 24.5. The van der Waals surface area contributed by atoms with E-state index in [1.54, 1.807) is 50.3 Å². The molecule has 2 aromatic carbocycles. The van der Waals surface area contributed by atoms with Crippen LogP contribution in [0.3, 0.4) is 0 Å². The third-order valence-electron chi connectivity index (χ3n) is 4.30. The van der Waals surface area contributed by atoms with Gasteiger partial charge in [-0.05, 0) is 70.9 Å². The normalized spacial score (nSPS) is 14.8. The van der Waals surface area contributed by atoms with Crippen LogP contribution in [-0.2, 0) is 20.9 Å². The van der Waals surface area contributed by atoms with Gasteiger partial charge in [-0.3, -0.25) is 29.4 Å². The highest BCUT2D eigenvalue weighted by atomic mass is 79.9. The number of nitrogens with zero attached hydrogens (tertiary/aromatic N) is 2. The molecule has 0 saturated carbocycles. The number of imide groups is 1. The SMILES string of the molecule is CC(C)OC(=O)CN1C(=O)S/C(=C/c2ccc(OCc3cccc([N+](=O)[O-])c3)c(Br)c2)C1=O. The van der Waals surface area contributed by atoms with Crippen molar-refractivity contribution < 1.29 is 28.8 Å². The Morgan fingerprint density at radius 3 is 2.67 bits per heavy atom. The Bertz CT molecular complexity index is 1150.